The van der Waals surface area contributed by atoms with Crippen LogP contribution in [-0.2, 0) is 0 Å². The molecule has 24 aromatic rings. The molecular weight excluding hydrogens is 1680 g/mol. The Morgan fingerprint density at radius 2 is 0.384 bits per heavy atom. The molecule has 0 fully saturated rings. The average Bonchev–Trinajstić information content (AvgIpc) is 0.792. The van der Waals surface area contributed by atoms with Gasteiger partial charge in [0.15, 0.2) is 17.5 Å². The number of pyridine rings is 7. The highest BCUT2D eigenvalue weighted by molar-refractivity contribution is 5.89. The highest BCUT2D eigenvalue weighted by Gasteiger charge is 2.19. The predicted octanol–water partition coefficient (Wildman–Crippen LogP) is 30.7. The maximum Gasteiger partial charge on any atom is 0.160 e. The number of para-hydroxylation sites is 2. The zero-order chi connectivity index (χ0) is 92.1. The van der Waals surface area contributed by atoms with E-state index in [4.69, 9.17) is 34.9 Å². The average molecular weight is 1770 g/mol. The fraction of sp³-hybridized carbons (Fsp3) is 0. The molecule has 10 heterocycles. The molecule has 0 spiro atoms. The zero-order valence-electron chi connectivity index (χ0n) is 74.7. The first-order valence-electron chi connectivity index (χ1n) is 45.7. The summed E-state index contributed by atoms with van der Waals surface area (Å²) < 4.78 is 0. The van der Waals surface area contributed by atoms with Crippen molar-refractivity contribution in [2.45, 2.75) is 0 Å². The summed E-state index contributed by atoms with van der Waals surface area (Å²) in [7, 11) is 0. The molecule has 0 saturated heterocycles. The number of aromatic nitrogens is 13. The van der Waals surface area contributed by atoms with Gasteiger partial charge in [-0.3, -0.25) is 34.9 Å². The van der Waals surface area contributed by atoms with E-state index in [1.807, 2.05) is 171 Å². The maximum absolute atomic E-state index is 5.11. The Morgan fingerprint density at radius 1 is 0.116 bits per heavy atom. The maximum atomic E-state index is 5.11. The summed E-state index contributed by atoms with van der Waals surface area (Å²) in [6.45, 7) is 0. The molecule has 24 rings (SSSR count). The third-order valence-electron chi connectivity index (χ3n) is 24.5. The molecule has 138 heavy (non-hydrogen) atoms. The van der Waals surface area contributed by atoms with Crippen LogP contribution in [0.3, 0.4) is 0 Å². The third-order valence-corrected chi connectivity index (χ3v) is 24.5. The van der Waals surface area contributed by atoms with Crippen LogP contribution in [0.1, 0.15) is 0 Å². The van der Waals surface area contributed by atoms with Crippen LogP contribution in [0.15, 0.2) is 505 Å². The van der Waals surface area contributed by atoms with Crippen molar-refractivity contribution < 1.29 is 0 Å². The van der Waals surface area contributed by atoms with Crippen molar-refractivity contribution in [2.75, 3.05) is 0 Å². The summed E-state index contributed by atoms with van der Waals surface area (Å²) in [5.41, 5.74) is 35.3. The standard InChI is InChI=1S/C43H29N3.2C41H27N5/c1-3-9-30(10-4-1)32-15-21-35(22-16-32)41-28-42(36-23-17-33(18-24-36)31-11-5-2-6-12-31)46-43(45-41)37-25-19-34(20-26-37)39-27-38-13-7-8-14-40(38)44-29-39;1-2-8-38-34(7-1)25-35(27-44-38)28-11-21-33(22-12-28)41-45-39(31-17-13-29(14-18-31)36-9-3-5-23-42-36)26-40(46-41)32-19-15-30(16-20-32)37-10-4-6-24-43-37;1-2-8-36-27-44-38(25-32(36)7-1)29-14-16-30(17-15-29)41-45-39(34-11-5-9-31(23-34)28-18-21-42-22-19-28)26-40(46-41)35-12-6-10-33(24-35)37-13-3-4-20-43-37/h1-29H;2*1-27H. The van der Waals surface area contributed by atoms with Crippen molar-refractivity contribution in [3.05, 3.63) is 505 Å². The fourth-order valence-corrected chi connectivity index (χ4v) is 17.1. The lowest BCUT2D eigenvalue weighted by Crippen LogP contribution is -1.96. The van der Waals surface area contributed by atoms with Crippen molar-refractivity contribution in [2.24, 2.45) is 0 Å². The first-order chi connectivity index (χ1) is 68.3. The van der Waals surface area contributed by atoms with Gasteiger partial charge in [0.25, 0.3) is 0 Å². The summed E-state index contributed by atoms with van der Waals surface area (Å²) in [6.07, 6.45) is 14.9. The minimum Gasteiger partial charge on any atom is -0.265 e. The van der Waals surface area contributed by atoms with Gasteiger partial charge >= 0.3 is 0 Å². The van der Waals surface area contributed by atoms with Gasteiger partial charge in [-0.2, -0.15) is 0 Å². The van der Waals surface area contributed by atoms with Gasteiger partial charge in [-0.05, 0) is 159 Å². The molecule has 0 radical (unpaired) electrons. The Labute approximate surface area is 798 Å². The minimum atomic E-state index is 0.656. The van der Waals surface area contributed by atoms with Crippen LogP contribution in [-0.4, -0.2) is 64.8 Å². The Bertz CT molecular complexity index is 7770. The van der Waals surface area contributed by atoms with Crippen LogP contribution in [0.25, 0.3) is 235 Å². The topological polar surface area (TPSA) is 168 Å². The van der Waals surface area contributed by atoms with Gasteiger partial charge in [0, 0.05) is 149 Å². The molecule has 13 heteroatoms. The monoisotopic (exact) mass is 1770 g/mol. The Kier molecular flexibility index (Phi) is 24.1. The molecule has 0 amide bonds. The molecule has 14 aromatic carbocycles. The number of benzene rings is 14. The molecule has 0 aliphatic rings. The Balaban J connectivity index is 0.000000119. The molecule has 0 bridgehead atoms. The highest BCUT2D eigenvalue weighted by atomic mass is 14.9. The largest absolute Gasteiger partial charge is 0.265 e. The Morgan fingerprint density at radius 3 is 0.768 bits per heavy atom. The van der Waals surface area contributed by atoms with E-state index in [1.165, 1.54) is 27.6 Å². The van der Waals surface area contributed by atoms with Gasteiger partial charge in [0.05, 0.1) is 68.0 Å². The molecule has 0 atom stereocenters. The second-order valence-corrected chi connectivity index (χ2v) is 33.5. The molecule has 0 unspecified atom stereocenters. The summed E-state index contributed by atoms with van der Waals surface area (Å²) in [6, 6.07) is 156. The van der Waals surface area contributed by atoms with E-state index in [9.17, 15) is 0 Å². The SMILES string of the molecule is c1ccc(-c2ccc(-c3cc(-c4ccc(-c5ccccc5)cc4)nc(-c4ccc(-c5cnc6ccccc6c5)cc4)n3)cc2)cc1.c1ccc(-c2ccc(-c3cc(-c4ccc(-c5ccccn5)cc4)nc(-c4ccc(-c5cnc6ccccc6c5)cc4)n3)cc2)nc1.c1ccc(-c2cccc(-c3cc(-c4cccc(-c5ccncc5)c4)nc(-c4ccc(-c5cc6ccccc6cn5)cc4)n3)c2)nc1. The molecule has 13 nitrogen and oxygen atoms in total. The van der Waals surface area contributed by atoms with Gasteiger partial charge < -0.3 is 0 Å². The van der Waals surface area contributed by atoms with Gasteiger partial charge in [0.2, 0.25) is 0 Å². The molecule has 648 valence electrons. The quantitative estimate of drug-likeness (QED) is 0.0797. The fourth-order valence-electron chi connectivity index (χ4n) is 17.1. The summed E-state index contributed by atoms with van der Waals surface area (Å²) in [5, 5.41) is 4.54. The first kappa shape index (κ1) is 84.7. The molecule has 10 aromatic heterocycles. The van der Waals surface area contributed by atoms with E-state index >= 15 is 0 Å². The van der Waals surface area contributed by atoms with Crippen molar-refractivity contribution in [3.63, 3.8) is 0 Å². The van der Waals surface area contributed by atoms with Crippen molar-refractivity contribution in [1.29, 1.82) is 0 Å². The van der Waals surface area contributed by atoms with Crippen LogP contribution in [0.4, 0.5) is 0 Å². The minimum absolute atomic E-state index is 0.656. The van der Waals surface area contributed by atoms with E-state index in [-0.39, 0.29) is 0 Å². The third kappa shape index (κ3) is 19.2. The van der Waals surface area contributed by atoms with Gasteiger partial charge in [0.1, 0.15) is 0 Å². The van der Waals surface area contributed by atoms with Crippen LogP contribution in [0.5, 0.6) is 0 Å². The molecule has 0 saturated carbocycles. The van der Waals surface area contributed by atoms with Gasteiger partial charge in [-0.1, -0.05) is 346 Å². The number of hydrogen-bond acceptors (Lipinski definition) is 13. The summed E-state index contributed by atoms with van der Waals surface area (Å²) in [4.78, 5) is 62.3. The van der Waals surface area contributed by atoms with Crippen molar-refractivity contribution >= 4 is 32.6 Å². The molecule has 0 aliphatic carbocycles. The number of nitrogens with zero attached hydrogens (tertiary/aromatic N) is 13. The van der Waals surface area contributed by atoms with E-state index in [0.717, 1.165) is 190 Å². The molecule has 0 N–H and O–H groups in total. The smallest absolute Gasteiger partial charge is 0.160 e. The summed E-state index contributed by atoms with van der Waals surface area (Å²) >= 11 is 0. The van der Waals surface area contributed by atoms with E-state index in [1.54, 1.807) is 0 Å². The zero-order valence-corrected chi connectivity index (χ0v) is 74.7. The van der Waals surface area contributed by atoms with E-state index in [2.05, 4.69) is 364 Å². The first-order valence-corrected chi connectivity index (χ1v) is 45.7. The van der Waals surface area contributed by atoms with Gasteiger partial charge in [-0.25, -0.2) is 29.9 Å². The van der Waals surface area contributed by atoms with E-state index < -0.39 is 0 Å². The summed E-state index contributed by atoms with van der Waals surface area (Å²) in [5.74, 6) is 2.01. The van der Waals surface area contributed by atoms with Crippen LogP contribution in [0.2, 0.25) is 0 Å². The van der Waals surface area contributed by atoms with Crippen LogP contribution < -0.4 is 0 Å². The van der Waals surface area contributed by atoms with Crippen molar-refractivity contribution in [1.82, 2.24) is 64.8 Å². The highest BCUT2D eigenvalue weighted by Crippen LogP contribution is 2.39. The number of hydrogen-bond donors (Lipinski definition) is 0. The lowest BCUT2D eigenvalue weighted by molar-refractivity contribution is 1.18. The normalized spacial score (nSPS) is 11.0. The molecular formula is C125H83N13. The lowest BCUT2D eigenvalue weighted by Gasteiger charge is -2.12. The number of rotatable bonds is 18. The predicted molar refractivity (Wildman–Crippen MR) is 561 cm³/mol. The molecule has 0 aliphatic heterocycles. The Hall–Kier alpha value is -18.9. The second-order valence-electron chi connectivity index (χ2n) is 33.5. The van der Waals surface area contributed by atoms with Gasteiger partial charge in [-0.15, -0.1) is 0 Å². The van der Waals surface area contributed by atoms with Crippen molar-refractivity contribution in [3.8, 4) is 202 Å². The van der Waals surface area contributed by atoms with Crippen LogP contribution >= 0.6 is 0 Å². The number of fused-ring (bicyclic) bond motifs is 3. The van der Waals surface area contributed by atoms with E-state index in [0.29, 0.717) is 17.5 Å². The second kappa shape index (κ2) is 39.3. The van der Waals surface area contributed by atoms with Crippen LogP contribution in [0, 0.1) is 0 Å². The lowest BCUT2D eigenvalue weighted by atomic mass is 10.00.